The second-order valence-corrected chi connectivity index (χ2v) is 8.25. The number of aromatic nitrogens is 1. The van der Waals surface area contributed by atoms with Gasteiger partial charge in [-0.25, -0.2) is 4.39 Å². The number of rotatable bonds is 6. The Bertz CT molecular complexity index is 1020. The SMILES string of the molecule is CN(C[C@H]1CCCN(CCc2ccccc2F)C1)C(=O)c1cnc2ccccc2c1. The lowest BCUT2D eigenvalue weighted by atomic mass is 9.96. The van der Waals surface area contributed by atoms with E-state index in [-0.39, 0.29) is 11.7 Å². The van der Waals surface area contributed by atoms with Crippen molar-refractivity contribution in [1.29, 1.82) is 0 Å². The van der Waals surface area contributed by atoms with Crippen LogP contribution in [0.25, 0.3) is 10.9 Å². The predicted molar refractivity (Wildman–Crippen MR) is 118 cm³/mol. The van der Waals surface area contributed by atoms with Crippen molar-refractivity contribution in [3.63, 3.8) is 0 Å². The third-order valence-electron chi connectivity index (χ3n) is 5.97. The number of hydrogen-bond acceptors (Lipinski definition) is 3. The first-order chi connectivity index (χ1) is 14.6. The van der Waals surface area contributed by atoms with E-state index in [1.54, 1.807) is 12.3 Å². The fourth-order valence-corrected chi connectivity index (χ4v) is 4.36. The van der Waals surface area contributed by atoms with Crippen LogP contribution in [0.4, 0.5) is 4.39 Å². The van der Waals surface area contributed by atoms with Crippen molar-refractivity contribution in [1.82, 2.24) is 14.8 Å². The van der Waals surface area contributed by atoms with Gasteiger partial charge in [0.05, 0.1) is 11.1 Å². The van der Waals surface area contributed by atoms with Crippen LogP contribution in [0.5, 0.6) is 0 Å². The molecule has 0 spiro atoms. The Balaban J connectivity index is 1.33. The minimum atomic E-state index is -0.125. The average Bonchev–Trinajstić information content (AvgIpc) is 2.78. The van der Waals surface area contributed by atoms with Crippen molar-refractivity contribution in [2.45, 2.75) is 19.3 Å². The van der Waals surface area contributed by atoms with E-state index in [2.05, 4.69) is 9.88 Å². The third kappa shape index (κ3) is 4.85. The van der Waals surface area contributed by atoms with Crippen LogP contribution in [-0.2, 0) is 6.42 Å². The number of para-hydroxylation sites is 1. The highest BCUT2D eigenvalue weighted by Gasteiger charge is 2.23. The molecule has 1 aliphatic heterocycles. The van der Waals surface area contributed by atoms with E-state index in [4.69, 9.17) is 0 Å². The van der Waals surface area contributed by atoms with Gasteiger partial charge in [-0.05, 0) is 55.5 Å². The smallest absolute Gasteiger partial charge is 0.255 e. The lowest BCUT2D eigenvalue weighted by Crippen LogP contribution is -2.42. The van der Waals surface area contributed by atoms with Crippen LogP contribution in [0, 0.1) is 11.7 Å². The van der Waals surface area contributed by atoms with Gasteiger partial charge in [-0.15, -0.1) is 0 Å². The van der Waals surface area contributed by atoms with E-state index in [1.807, 2.05) is 54.4 Å². The summed E-state index contributed by atoms with van der Waals surface area (Å²) in [5.74, 6) is 0.318. The molecule has 0 bridgehead atoms. The molecule has 156 valence electrons. The molecule has 1 aliphatic rings. The van der Waals surface area contributed by atoms with E-state index >= 15 is 0 Å². The number of amides is 1. The maximum atomic E-state index is 13.9. The Morgan fingerprint density at radius 2 is 2.00 bits per heavy atom. The molecular weight excluding hydrogens is 377 g/mol. The number of halogens is 1. The summed E-state index contributed by atoms with van der Waals surface area (Å²) in [5, 5.41) is 0.980. The standard InChI is InChI=1S/C25H28FN3O/c1-28(25(30)22-15-21-9-3-5-11-24(21)27-16-22)17-19-7-6-13-29(18-19)14-12-20-8-2-4-10-23(20)26/h2-5,8-11,15-16,19H,6-7,12-14,17-18H2,1H3/t19-/m1/s1. The second-order valence-electron chi connectivity index (χ2n) is 8.25. The van der Waals surface area contributed by atoms with Gasteiger partial charge in [0, 0.05) is 38.3 Å². The van der Waals surface area contributed by atoms with E-state index in [0.717, 1.165) is 61.9 Å². The molecule has 2 aromatic carbocycles. The monoisotopic (exact) mass is 405 g/mol. The lowest BCUT2D eigenvalue weighted by Gasteiger charge is -2.34. The molecule has 30 heavy (non-hydrogen) atoms. The molecule has 4 nitrogen and oxygen atoms in total. The van der Waals surface area contributed by atoms with Crippen LogP contribution in [0.1, 0.15) is 28.8 Å². The van der Waals surface area contributed by atoms with Gasteiger partial charge in [0.1, 0.15) is 5.82 Å². The Labute approximate surface area is 177 Å². The molecule has 4 rings (SSSR count). The van der Waals surface area contributed by atoms with Gasteiger partial charge >= 0.3 is 0 Å². The molecule has 0 saturated carbocycles. The van der Waals surface area contributed by atoms with E-state index in [9.17, 15) is 9.18 Å². The number of benzene rings is 2. The number of piperidine rings is 1. The molecule has 1 amide bonds. The maximum absolute atomic E-state index is 13.9. The van der Waals surface area contributed by atoms with Gasteiger partial charge < -0.3 is 9.80 Å². The molecule has 0 aliphatic carbocycles. The number of hydrogen-bond donors (Lipinski definition) is 0. The zero-order valence-electron chi connectivity index (χ0n) is 17.4. The molecule has 1 fully saturated rings. The Hall–Kier alpha value is -2.79. The minimum Gasteiger partial charge on any atom is -0.341 e. The van der Waals surface area contributed by atoms with Gasteiger partial charge in [0.2, 0.25) is 0 Å². The summed E-state index contributed by atoms with van der Waals surface area (Å²) in [4.78, 5) is 21.6. The highest BCUT2D eigenvalue weighted by molar-refractivity contribution is 5.97. The third-order valence-corrected chi connectivity index (χ3v) is 5.97. The van der Waals surface area contributed by atoms with Crippen molar-refractivity contribution in [3.05, 3.63) is 77.7 Å². The Morgan fingerprint density at radius 1 is 1.20 bits per heavy atom. The summed E-state index contributed by atoms with van der Waals surface area (Å²) in [6.07, 6.45) is 4.62. The number of carbonyl (C=O) groups is 1. The Kier molecular flexibility index (Phi) is 6.38. The number of likely N-dealkylation sites (tertiary alicyclic amines) is 1. The molecule has 2 heterocycles. The van der Waals surface area contributed by atoms with Crippen molar-refractivity contribution in [2.24, 2.45) is 5.92 Å². The normalized spacial score (nSPS) is 17.2. The second kappa shape index (κ2) is 9.35. The summed E-state index contributed by atoms with van der Waals surface area (Å²) >= 11 is 0. The summed E-state index contributed by atoms with van der Waals surface area (Å²) < 4.78 is 13.9. The lowest BCUT2D eigenvalue weighted by molar-refractivity contribution is 0.0730. The van der Waals surface area contributed by atoms with Gasteiger partial charge in [0.25, 0.3) is 5.91 Å². The van der Waals surface area contributed by atoms with Crippen LogP contribution in [-0.4, -0.2) is 53.9 Å². The molecule has 3 aromatic rings. The van der Waals surface area contributed by atoms with Crippen LogP contribution in [0.2, 0.25) is 0 Å². The number of fused-ring (bicyclic) bond motifs is 1. The first-order valence-corrected chi connectivity index (χ1v) is 10.7. The highest BCUT2D eigenvalue weighted by atomic mass is 19.1. The summed E-state index contributed by atoms with van der Waals surface area (Å²) in [6.45, 7) is 3.56. The molecule has 5 heteroatoms. The van der Waals surface area contributed by atoms with Gasteiger partial charge in [0.15, 0.2) is 0 Å². The molecular formula is C25H28FN3O. The quantitative estimate of drug-likeness (QED) is 0.610. The van der Waals surface area contributed by atoms with Gasteiger partial charge in [-0.1, -0.05) is 36.4 Å². The van der Waals surface area contributed by atoms with Gasteiger partial charge in [-0.2, -0.15) is 0 Å². The molecule has 0 unspecified atom stereocenters. The van der Waals surface area contributed by atoms with Crippen LogP contribution >= 0.6 is 0 Å². The van der Waals surface area contributed by atoms with Crippen molar-refractivity contribution in [3.8, 4) is 0 Å². The Morgan fingerprint density at radius 3 is 2.87 bits per heavy atom. The summed E-state index contributed by atoms with van der Waals surface area (Å²) in [7, 11) is 1.87. The predicted octanol–water partition coefficient (Wildman–Crippen LogP) is 4.40. The first kappa shape index (κ1) is 20.5. The topological polar surface area (TPSA) is 36.4 Å². The molecule has 1 aromatic heterocycles. The zero-order chi connectivity index (χ0) is 20.9. The largest absolute Gasteiger partial charge is 0.341 e. The molecule has 0 N–H and O–H groups in total. The van der Waals surface area contributed by atoms with Crippen LogP contribution in [0.15, 0.2) is 60.8 Å². The molecule has 0 radical (unpaired) electrons. The maximum Gasteiger partial charge on any atom is 0.255 e. The fraction of sp³-hybridized carbons (Fsp3) is 0.360. The number of pyridine rings is 1. The van der Waals surface area contributed by atoms with Gasteiger partial charge in [-0.3, -0.25) is 9.78 Å². The fourth-order valence-electron chi connectivity index (χ4n) is 4.36. The number of nitrogens with zero attached hydrogens (tertiary/aromatic N) is 3. The van der Waals surface area contributed by atoms with E-state index in [0.29, 0.717) is 11.5 Å². The van der Waals surface area contributed by atoms with Crippen molar-refractivity contribution >= 4 is 16.8 Å². The minimum absolute atomic E-state index is 0.0109. The first-order valence-electron chi connectivity index (χ1n) is 10.7. The van der Waals surface area contributed by atoms with Crippen LogP contribution < -0.4 is 0 Å². The molecule has 1 saturated heterocycles. The zero-order valence-corrected chi connectivity index (χ0v) is 17.4. The van der Waals surface area contributed by atoms with Crippen molar-refractivity contribution < 1.29 is 9.18 Å². The average molecular weight is 406 g/mol. The number of carbonyl (C=O) groups excluding carboxylic acids is 1. The summed E-state index contributed by atoms with van der Waals surface area (Å²) in [6, 6.07) is 16.8. The van der Waals surface area contributed by atoms with Crippen molar-refractivity contribution in [2.75, 3.05) is 33.2 Å². The highest BCUT2D eigenvalue weighted by Crippen LogP contribution is 2.20. The van der Waals surface area contributed by atoms with Crippen LogP contribution in [0.3, 0.4) is 0 Å². The van der Waals surface area contributed by atoms with E-state index in [1.165, 1.54) is 6.07 Å². The van der Waals surface area contributed by atoms with E-state index < -0.39 is 0 Å². The summed E-state index contributed by atoms with van der Waals surface area (Å²) in [5.41, 5.74) is 2.30. The molecule has 1 atom stereocenters.